The lowest BCUT2D eigenvalue weighted by atomic mass is 9.86. The topological polar surface area (TPSA) is 66.7 Å². The molecule has 2 aliphatic heterocycles. The first-order valence-electron chi connectivity index (χ1n) is 15.8. The molecular formula is C36H37N3O3S2. The first-order valence-corrected chi connectivity index (χ1v) is 17.3. The van der Waals surface area contributed by atoms with Gasteiger partial charge in [0.2, 0.25) is 0 Å². The molecule has 4 heterocycles. The average Bonchev–Trinajstić information content (AvgIpc) is 3.48. The third kappa shape index (κ3) is 5.12. The van der Waals surface area contributed by atoms with Gasteiger partial charge in [0.05, 0.1) is 10.2 Å². The number of anilines is 1. The number of amides is 1. The Hall–Kier alpha value is -3.62. The van der Waals surface area contributed by atoms with Crippen LogP contribution >= 0.6 is 24.0 Å². The van der Waals surface area contributed by atoms with Gasteiger partial charge in [-0.25, -0.2) is 9.78 Å². The van der Waals surface area contributed by atoms with Crippen LogP contribution in [0.3, 0.4) is 0 Å². The van der Waals surface area contributed by atoms with Crippen LogP contribution in [0.4, 0.5) is 5.69 Å². The van der Waals surface area contributed by atoms with Gasteiger partial charge in [0.1, 0.15) is 16.2 Å². The zero-order valence-electron chi connectivity index (χ0n) is 25.1. The third-order valence-electron chi connectivity index (χ3n) is 8.98. The molecule has 0 radical (unpaired) electrons. The van der Waals surface area contributed by atoms with Gasteiger partial charge in [-0.1, -0.05) is 43.7 Å². The molecule has 0 saturated heterocycles. The lowest BCUT2D eigenvalue weighted by Crippen LogP contribution is -2.34. The molecule has 8 heteroatoms. The summed E-state index contributed by atoms with van der Waals surface area (Å²) in [6, 6.07) is 18.0. The fourth-order valence-electron chi connectivity index (χ4n) is 6.95. The normalized spacial score (nSPS) is 14.3. The molecule has 226 valence electrons. The summed E-state index contributed by atoms with van der Waals surface area (Å²) >= 11 is 5.92. The maximum absolute atomic E-state index is 14.3. The maximum atomic E-state index is 14.3. The van der Waals surface area contributed by atoms with Gasteiger partial charge in [-0.05, 0) is 79.7 Å². The number of thiazole rings is 1. The van der Waals surface area contributed by atoms with E-state index in [9.17, 15) is 9.59 Å². The lowest BCUT2D eigenvalue weighted by Gasteiger charge is -2.37. The number of carbonyl (C=O) groups excluding carboxylic acids is 1. The van der Waals surface area contributed by atoms with Gasteiger partial charge in [0.15, 0.2) is 0 Å². The van der Waals surface area contributed by atoms with Gasteiger partial charge < -0.3 is 14.2 Å². The number of para-hydroxylation sites is 1. The highest BCUT2D eigenvalue weighted by molar-refractivity contribution is 7.80. The molecule has 0 atom stereocenters. The summed E-state index contributed by atoms with van der Waals surface area (Å²) in [5, 5.41) is 1.51. The highest BCUT2D eigenvalue weighted by atomic mass is 32.1. The number of fused-ring (bicyclic) bond motifs is 3. The smallest absolute Gasteiger partial charge is 0.347 e. The van der Waals surface area contributed by atoms with Crippen molar-refractivity contribution < 1.29 is 9.21 Å². The van der Waals surface area contributed by atoms with Gasteiger partial charge in [-0.3, -0.25) is 4.79 Å². The minimum atomic E-state index is -0.407. The van der Waals surface area contributed by atoms with Crippen molar-refractivity contribution in [3.63, 3.8) is 0 Å². The number of unbranched alkanes of at least 4 members (excludes halogenated alkanes) is 1. The molecule has 5 aromatic rings. The molecule has 7 rings (SSSR count). The Bertz CT molecular complexity index is 1880. The molecule has 0 aliphatic carbocycles. The van der Waals surface area contributed by atoms with Crippen LogP contribution < -0.4 is 10.5 Å². The van der Waals surface area contributed by atoms with Crippen LogP contribution in [0, 0.1) is 0 Å². The van der Waals surface area contributed by atoms with E-state index in [1.807, 2.05) is 53.4 Å². The van der Waals surface area contributed by atoms with E-state index < -0.39 is 5.63 Å². The molecule has 3 aromatic carbocycles. The summed E-state index contributed by atoms with van der Waals surface area (Å²) in [7, 11) is 0. The number of carbonyl (C=O) groups is 1. The summed E-state index contributed by atoms with van der Waals surface area (Å²) in [6.07, 6.45) is 6.73. The van der Waals surface area contributed by atoms with Crippen LogP contribution in [0.1, 0.15) is 60.5 Å². The molecule has 2 aromatic heterocycles. The molecule has 0 N–H and O–H groups in total. The van der Waals surface area contributed by atoms with Crippen molar-refractivity contribution in [1.82, 2.24) is 9.88 Å². The van der Waals surface area contributed by atoms with Crippen molar-refractivity contribution in [2.75, 3.05) is 36.8 Å². The Morgan fingerprint density at radius 2 is 1.80 bits per heavy atom. The fourth-order valence-corrected chi connectivity index (χ4v) is 8.10. The first-order chi connectivity index (χ1) is 21.6. The number of hydrogen-bond acceptors (Lipinski definition) is 7. The number of aromatic nitrogens is 1. The molecule has 1 amide bonds. The molecule has 0 saturated carbocycles. The van der Waals surface area contributed by atoms with Crippen LogP contribution in [-0.4, -0.2) is 47.7 Å². The molecule has 0 bridgehead atoms. The number of thiol groups is 1. The Morgan fingerprint density at radius 3 is 2.61 bits per heavy atom. The summed E-state index contributed by atoms with van der Waals surface area (Å²) in [6.45, 7) is 5.54. The Balaban J connectivity index is 1.52. The Labute approximate surface area is 267 Å². The van der Waals surface area contributed by atoms with E-state index >= 15 is 0 Å². The Morgan fingerprint density at radius 1 is 1.02 bits per heavy atom. The molecule has 44 heavy (non-hydrogen) atoms. The zero-order valence-corrected chi connectivity index (χ0v) is 26.8. The number of nitrogens with zero attached hydrogens (tertiary/aromatic N) is 3. The minimum Gasteiger partial charge on any atom is -0.422 e. The van der Waals surface area contributed by atoms with Crippen molar-refractivity contribution in [3.8, 4) is 21.7 Å². The van der Waals surface area contributed by atoms with E-state index in [0.717, 1.165) is 90.3 Å². The average molecular weight is 624 g/mol. The van der Waals surface area contributed by atoms with Crippen LogP contribution in [0.15, 0.2) is 63.8 Å². The molecule has 0 fully saturated rings. The van der Waals surface area contributed by atoms with Crippen molar-refractivity contribution in [2.24, 2.45) is 0 Å². The summed E-state index contributed by atoms with van der Waals surface area (Å²) in [4.78, 5) is 37.9. The first kappa shape index (κ1) is 29.1. The van der Waals surface area contributed by atoms with E-state index in [-0.39, 0.29) is 5.91 Å². The fraction of sp³-hybridized carbons (Fsp3) is 0.361. The third-order valence-corrected chi connectivity index (χ3v) is 10.4. The van der Waals surface area contributed by atoms with Crippen molar-refractivity contribution in [2.45, 2.75) is 51.9 Å². The summed E-state index contributed by atoms with van der Waals surface area (Å²) < 4.78 is 7.32. The van der Waals surface area contributed by atoms with Crippen molar-refractivity contribution in [3.05, 3.63) is 81.7 Å². The quantitative estimate of drug-likeness (QED) is 0.133. The van der Waals surface area contributed by atoms with Crippen LogP contribution in [0.5, 0.6) is 0 Å². The summed E-state index contributed by atoms with van der Waals surface area (Å²) in [5.74, 6) is 0.701. The van der Waals surface area contributed by atoms with Gasteiger partial charge >= 0.3 is 5.63 Å². The zero-order chi connectivity index (χ0) is 30.2. The number of hydrogen-bond donors (Lipinski definition) is 1. The van der Waals surface area contributed by atoms with Gasteiger partial charge in [0.25, 0.3) is 5.91 Å². The molecule has 2 aliphatic rings. The van der Waals surface area contributed by atoms with E-state index in [1.165, 1.54) is 22.6 Å². The molecule has 0 spiro atoms. The lowest BCUT2D eigenvalue weighted by molar-refractivity contribution is 0.0754. The second kappa shape index (κ2) is 12.4. The predicted molar refractivity (Wildman–Crippen MR) is 185 cm³/mol. The standard InChI is InChI=1S/C36H37N3O3S2/c1-2-3-17-39(20-10-21-43)35(40)25-13-5-4-12-24(25)30-27-22-23-11-8-18-38-19-9-14-26(32(23)38)33(27)42-36(41)31(30)34-37-28-15-6-7-16-29(28)44-34/h4-7,12-13,15-16,22,43H,2-3,8-11,14,17-21H2,1H3. The monoisotopic (exact) mass is 623 g/mol. The van der Waals surface area contributed by atoms with Gasteiger partial charge in [-0.15, -0.1) is 11.3 Å². The number of benzene rings is 3. The molecule has 6 nitrogen and oxygen atoms in total. The largest absolute Gasteiger partial charge is 0.422 e. The van der Waals surface area contributed by atoms with Gasteiger partial charge in [-0.2, -0.15) is 12.6 Å². The number of aryl methyl sites for hydroxylation is 2. The van der Waals surface area contributed by atoms with E-state index in [4.69, 9.17) is 9.40 Å². The van der Waals surface area contributed by atoms with Crippen LogP contribution in [0.25, 0.3) is 42.9 Å². The van der Waals surface area contributed by atoms with Crippen molar-refractivity contribution in [1.29, 1.82) is 0 Å². The predicted octanol–water partition coefficient (Wildman–Crippen LogP) is 8.00. The maximum Gasteiger partial charge on any atom is 0.347 e. The van der Waals surface area contributed by atoms with Crippen molar-refractivity contribution >= 4 is 56.7 Å². The van der Waals surface area contributed by atoms with Crippen LogP contribution in [-0.2, 0) is 12.8 Å². The SMILES string of the molecule is CCCCN(CCCS)C(=O)c1ccccc1-c1c(-c2nc3ccccc3s2)c(=O)oc2c3c4c(cc12)CCCN4CCC3. The van der Waals surface area contributed by atoms with Gasteiger partial charge in [0, 0.05) is 53.9 Å². The molecular weight excluding hydrogens is 587 g/mol. The molecule has 0 unspecified atom stereocenters. The minimum absolute atomic E-state index is 0.0158. The second-order valence-electron chi connectivity index (χ2n) is 11.8. The highest BCUT2D eigenvalue weighted by Crippen LogP contribution is 2.46. The second-order valence-corrected chi connectivity index (χ2v) is 13.3. The van der Waals surface area contributed by atoms with E-state index in [1.54, 1.807) is 0 Å². The Kier molecular flexibility index (Phi) is 8.21. The van der Waals surface area contributed by atoms with Crippen LogP contribution in [0.2, 0.25) is 0 Å². The van der Waals surface area contributed by atoms with E-state index in [0.29, 0.717) is 40.6 Å². The summed E-state index contributed by atoms with van der Waals surface area (Å²) in [5.41, 5.74) is 7.31. The highest BCUT2D eigenvalue weighted by Gasteiger charge is 2.31. The number of rotatable bonds is 9. The van der Waals surface area contributed by atoms with E-state index in [2.05, 4.69) is 30.5 Å².